The van der Waals surface area contributed by atoms with Crippen molar-refractivity contribution in [1.29, 1.82) is 0 Å². The van der Waals surface area contributed by atoms with Crippen LogP contribution < -0.4 is 21.3 Å². The number of carbonyl (C=O) groups is 4. The number of unbranched alkanes of at least 4 members (excludes halogenated alkanes) is 1. The van der Waals surface area contributed by atoms with E-state index in [2.05, 4.69) is 113 Å². The number of carbonyl (C=O) groups excluding carboxylic acids is 4. The number of amides is 4. The lowest BCUT2D eigenvalue weighted by atomic mass is 9.95. The van der Waals surface area contributed by atoms with Crippen LogP contribution in [0.3, 0.4) is 0 Å². The molecule has 0 bridgehead atoms. The molecule has 36 heteroatoms. The minimum atomic E-state index is -2.73. The standard InChI is InChI=1S/C49H118N4O17Si15/c1-28-29-33-50-46(54)42-40-43(47(55)51-34-30-37-71(3)59-73(5)60-74(6)61-75(7)65-81(18,19)66-76(8)63-78(10,11)12)44(41-45(42)49(57)53-36-32-39-80(16,17)58-2)48(56)52-35-31-38-72(4)62-82(20,21)68-84(24,25)70-85(26,27)69-83(22,23)67-77(9)64-79(13,14)15/h40-41,71-77H,28-39H2,1-27H3,(H,50,54)(H,51,55)(H,52,56)(H,53,57). The molecule has 21 nitrogen and oxygen atoms in total. The van der Waals surface area contributed by atoms with Crippen LogP contribution in [0.25, 0.3) is 0 Å². The molecule has 0 saturated heterocycles. The van der Waals surface area contributed by atoms with E-state index in [9.17, 15) is 19.2 Å². The van der Waals surface area contributed by atoms with E-state index in [1.165, 1.54) is 12.1 Å². The first-order valence-electron chi connectivity index (χ1n) is 30.7. The summed E-state index contributed by atoms with van der Waals surface area (Å²) in [4.78, 5) is 56.6. The van der Waals surface area contributed by atoms with E-state index >= 15 is 0 Å². The van der Waals surface area contributed by atoms with Crippen molar-refractivity contribution in [2.75, 3.05) is 33.3 Å². The van der Waals surface area contributed by atoms with Crippen LogP contribution in [0.15, 0.2) is 12.1 Å². The molecule has 0 radical (unpaired) electrons. The molecule has 4 amide bonds. The Hall–Kier alpha value is -0.167. The average Bonchev–Trinajstić information content (AvgIpc) is 3.25. The summed E-state index contributed by atoms with van der Waals surface area (Å²) in [6.45, 7) is 55.4. The Morgan fingerprint density at radius 3 is 1.12 bits per heavy atom. The molecule has 496 valence electrons. The summed E-state index contributed by atoms with van der Waals surface area (Å²) < 4.78 is 83.5. The lowest BCUT2D eigenvalue weighted by Gasteiger charge is -2.41. The average molecular weight is 1460 g/mol. The third kappa shape index (κ3) is 37.8. The Labute approximate surface area is 534 Å². The third-order valence-electron chi connectivity index (χ3n) is 12.4. The predicted molar refractivity (Wildman–Crippen MR) is 382 cm³/mol. The Balaban J connectivity index is 3.23. The van der Waals surface area contributed by atoms with Crippen LogP contribution in [-0.4, -0.2) is 189 Å². The van der Waals surface area contributed by atoms with Crippen molar-refractivity contribution in [2.45, 2.75) is 221 Å². The summed E-state index contributed by atoms with van der Waals surface area (Å²) in [6.07, 6.45) is 3.48. The predicted octanol–water partition coefficient (Wildman–Crippen LogP) is 8.76. The maximum atomic E-state index is 14.4. The Morgan fingerprint density at radius 1 is 0.388 bits per heavy atom. The van der Waals surface area contributed by atoms with E-state index in [-0.39, 0.29) is 28.8 Å². The van der Waals surface area contributed by atoms with Gasteiger partial charge in [-0.15, -0.1) is 0 Å². The molecule has 0 saturated carbocycles. The van der Waals surface area contributed by atoms with Crippen molar-refractivity contribution >= 4 is 156 Å². The summed E-state index contributed by atoms with van der Waals surface area (Å²) in [5.41, 5.74) is 0.0290. The molecule has 1 aromatic carbocycles. The van der Waals surface area contributed by atoms with E-state index in [0.29, 0.717) is 38.9 Å². The molecule has 0 aliphatic heterocycles. The number of hydrogen-bond acceptors (Lipinski definition) is 17. The lowest BCUT2D eigenvalue weighted by Crippen LogP contribution is -2.58. The van der Waals surface area contributed by atoms with Crippen molar-refractivity contribution < 1.29 is 73.0 Å². The van der Waals surface area contributed by atoms with Gasteiger partial charge in [0.15, 0.2) is 43.0 Å². The van der Waals surface area contributed by atoms with Crippen LogP contribution in [0, 0.1) is 0 Å². The zero-order valence-electron chi connectivity index (χ0n) is 57.6. The minimum Gasteiger partial charge on any atom is -0.441 e. The second-order valence-electron chi connectivity index (χ2n) is 26.8. The fourth-order valence-corrected chi connectivity index (χ4v) is 62.9. The number of nitrogens with one attached hydrogen (secondary N) is 4. The maximum Gasteiger partial charge on any atom is 0.314 e. The van der Waals surface area contributed by atoms with Gasteiger partial charge in [-0.2, -0.15) is 0 Å². The first kappa shape index (κ1) is 82.8. The van der Waals surface area contributed by atoms with E-state index < -0.39 is 156 Å². The van der Waals surface area contributed by atoms with Crippen LogP contribution in [0.4, 0.5) is 0 Å². The van der Waals surface area contributed by atoms with Gasteiger partial charge >= 0.3 is 42.8 Å². The van der Waals surface area contributed by atoms with Gasteiger partial charge in [0.2, 0.25) is 0 Å². The fraction of sp³-hybridized carbons (Fsp3) is 0.796. The van der Waals surface area contributed by atoms with Crippen molar-refractivity contribution in [2.24, 2.45) is 0 Å². The highest BCUT2D eigenvalue weighted by Crippen LogP contribution is 2.27. The summed E-state index contributed by atoms with van der Waals surface area (Å²) >= 11 is 0. The molecule has 0 aliphatic carbocycles. The van der Waals surface area contributed by atoms with Crippen LogP contribution in [0.2, 0.25) is 182 Å². The summed E-state index contributed by atoms with van der Waals surface area (Å²) in [5, 5.41) is 11.9. The lowest BCUT2D eigenvalue weighted by molar-refractivity contribution is 0.0908. The number of hydrogen-bond donors (Lipinski definition) is 4. The highest BCUT2D eigenvalue weighted by molar-refractivity contribution is 6.89. The van der Waals surface area contributed by atoms with Gasteiger partial charge in [0.05, 0.1) is 22.3 Å². The van der Waals surface area contributed by atoms with Crippen LogP contribution >= 0.6 is 0 Å². The SMILES string of the molecule is CCCCNC(=O)c1cc(C(=O)NCCC[SiH](C)O[SiH](C)O[SiH](C)O[SiH](C)O[Si](C)(C)O[SiH](C)O[Si](C)(C)C)c(C(=O)NCCC[SiH](C)O[Si](C)(C)O[Si](C)(C)O[Si](C)(C)O[Si](C)(C)O[SiH](C)O[Si](C)(C)C)cc1C(=O)NCCC[Si](C)(C)OC. The van der Waals surface area contributed by atoms with Crippen LogP contribution in [0.1, 0.15) is 80.5 Å². The Kier molecular flexibility index (Phi) is 36.6. The first-order valence-corrected chi connectivity index (χ1v) is 70.1. The molecule has 0 fully saturated rings. The van der Waals surface area contributed by atoms with Gasteiger partial charge in [0.25, 0.3) is 70.0 Å². The van der Waals surface area contributed by atoms with Gasteiger partial charge in [-0.05, 0) is 220 Å². The largest absolute Gasteiger partial charge is 0.441 e. The Bertz CT molecular complexity index is 2220. The Morgan fingerprint density at radius 2 is 0.718 bits per heavy atom. The number of benzene rings is 1. The van der Waals surface area contributed by atoms with Gasteiger partial charge < -0.3 is 75.1 Å². The molecule has 85 heavy (non-hydrogen) atoms. The molecule has 7 unspecified atom stereocenters. The molecule has 0 spiro atoms. The molecule has 7 atom stereocenters. The van der Waals surface area contributed by atoms with Crippen molar-refractivity contribution in [3.63, 3.8) is 0 Å². The first-order chi connectivity index (χ1) is 38.7. The molecule has 1 rings (SSSR count). The zero-order valence-corrected chi connectivity index (χ0v) is 73.7. The fourth-order valence-electron chi connectivity index (χ4n) is 9.82. The van der Waals surface area contributed by atoms with Gasteiger partial charge in [-0.1, -0.05) is 13.3 Å². The van der Waals surface area contributed by atoms with Crippen molar-refractivity contribution in [3.05, 3.63) is 34.4 Å². The summed E-state index contributed by atoms with van der Waals surface area (Å²) in [7, 11) is -30.0. The van der Waals surface area contributed by atoms with Gasteiger partial charge in [0, 0.05) is 33.3 Å². The second kappa shape index (κ2) is 37.5. The molecule has 4 N–H and O–H groups in total. The summed E-state index contributed by atoms with van der Waals surface area (Å²) in [5.74, 6) is -2.07. The molecular weight excluding hydrogens is 1340 g/mol. The van der Waals surface area contributed by atoms with E-state index in [4.69, 9.17) is 53.8 Å². The van der Waals surface area contributed by atoms with E-state index in [1.807, 2.05) is 78.9 Å². The maximum absolute atomic E-state index is 14.4. The van der Waals surface area contributed by atoms with Gasteiger partial charge in [-0.3, -0.25) is 19.2 Å². The number of rotatable bonds is 44. The quantitative estimate of drug-likeness (QED) is 0.0353. The molecule has 0 aromatic heterocycles. The minimum absolute atomic E-state index is 0.000768. The summed E-state index contributed by atoms with van der Waals surface area (Å²) in [6, 6.07) is 5.09. The highest BCUT2D eigenvalue weighted by Gasteiger charge is 2.46. The van der Waals surface area contributed by atoms with E-state index in [0.717, 1.165) is 31.0 Å². The zero-order chi connectivity index (χ0) is 65.6. The van der Waals surface area contributed by atoms with E-state index in [1.54, 1.807) is 7.11 Å². The van der Waals surface area contributed by atoms with Crippen molar-refractivity contribution in [3.8, 4) is 0 Å². The topological polar surface area (TPSA) is 236 Å². The monoisotopic (exact) mass is 1450 g/mol. The molecule has 0 aliphatic rings. The molecular formula is C49H118N4O17Si15. The van der Waals surface area contributed by atoms with Gasteiger partial charge in [0.1, 0.15) is 0 Å². The van der Waals surface area contributed by atoms with Crippen LogP contribution in [0.5, 0.6) is 0 Å². The molecule has 1 aromatic rings. The molecule has 0 heterocycles. The van der Waals surface area contributed by atoms with Gasteiger partial charge in [-0.25, -0.2) is 0 Å². The van der Waals surface area contributed by atoms with Crippen molar-refractivity contribution in [1.82, 2.24) is 21.3 Å². The normalized spacial score (nSPS) is 15.8. The smallest absolute Gasteiger partial charge is 0.314 e. The van der Waals surface area contributed by atoms with Crippen LogP contribution in [-0.2, 0) is 53.8 Å². The second-order valence-corrected chi connectivity index (χ2v) is 75.1. The third-order valence-corrected chi connectivity index (χ3v) is 61.8. The highest BCUT2D eigenvalue weighted by atomic mass is 28.5.